The molecule has 18 heavy (non-hydrogen) atoms. The molecule has 1 amide bonds. The Balaban J connectivity index is 1.74. The fourth-order valence-electron chi connectivity index (χ4n) is 1.80. The van der Waals surface area contributed by atoms with Crippen LogP contribution in [0.1, 0.15) is 30.1 Å². The maximum absolute atomic E-state index is 11.6. The second-order valence-electron chi connectivity index (χ2n) is 4.64. The highest BCUT2D eigenvalue weighted by molar-refractivity contribution is 5.91. The number of benzene rings is 1. The summed E-state index contributed by atoms with van der Waals surface area (Å²) in [6.45, 7) is 1.76. The number of nitrogens with one attached hydrogen (secondary N) is 1. The minimum absolute atomic E-state index is 0.174. The molecule has 0 radical (unpaired) electrons. The van der Waals surface area contributed by atoms with E-state index in [4.69, 9.17) is 4.74 Å². The zero-order valence-corrected chi connectivity index (χ0v) is 10.4. The molecule has 1 atom stereocenters. The number of carbonyl (C=O) groups is 2. The van der Waals surface area contributed by atoms with E-state index in [9.17, 15) is 9.59 Å². The molecule has 0 saturated heterocycles. The van der Waals surface area contributed by atoms with Gasteiger partial charge >= 0.3 is 5.97 Å². The summed E-state index contributed by atoms with van der Waals surface area (Å²) in [5.74, 6) is -0.109. The van der Waals surface area contributed by atoms with Crippen molar-refractivity contribution in [3.8, 4) is 0 Å². The quantitative estimate of drug-likeness (QED) is 0.807. The lowest BCUT2D eigenvalue weighted by Gasteiger charge is -2.12. The van der Waals surface area contributed by atoms with Gasteiger partial charge in [-0.2, -0.15) is 0 Å². The maximum atomic E-state index is 11.6. The average molecular weight is 247 g/mol. The first-order valence-corrected chi connectivity index (χ1v) is 6.18. The minimum Gasteiger partial charge on any atom is -0.452 e. The molecule has 1 N–H and O–H groups in total. The normalized spacial score (nSPS) is 15.8. The largest absolute Gasteiger partial charge is 0.452 e. The molecule has 0 spiro atoms. The van der Waals surface area contributed by atoms with Gasteiger partial charge in [0.25, 0.3) is 5.91 Å². The molecule has 0 aliphatic heterocycles. The van der Waals surface area contributed by atoms with Crippen LogP contribution in [0.5, 0.6) is 0 Å². The van der Waals surface area contributed by atoms with Crippen molar-refractivity contribution in [2.45, 2.75) is 25.8 Å². The Morgan fingerprint density at radius 2 is 2.00 bits per heavy atom. The monoisotopic (exact) mass is 247 g/mol. The van der Waals surface area contributed by atoms with E-state index in [0.717, 1.165) is 0 Å². The van der Waals surface area contributed by atoms with Crippen LogP contribution in [0.3, 0.4) is 0 Å². The Kier molecular flexibility index (Phi) is 3.97. The zero-order valence-electron chi connectivity index (χ0n) is 10.4. The molecule has 1 saturated carbocycles. The smallest absolute Gasteiger partial charge is 0.338 e. The number of amides is 1. The maximum Gasteiger partial charge on any atom is 0.338 e. The number of hydrogen-bond donors (Lipinski definition) is 1. The zero-order chi connectivity index (χ0) is 13.0. The lowest BCUT2D eigenvalue weighted by atomic mass is 10.2. The summed E-state index contributed by atoms with van der Waals surface area (Å²) in [5, 5.41) is 2.83. The third kappa shape index (κ3) is 3.58. The molecule has 0 unspecified atom stereocenters. The highest BCUT2D eigenvalue weighted by Gasteiger charge is 2.28. The lowest BCUT2D eigenvalue weighted by molar-refractivity contribution is -0.124. The van der Waals surface area contributed by atoms with E-state index >= 15 is 0 Å². The summed E-state index contributed by atoms with van der Waals surface area (Å²) in [7, 11) is 0. The van der Waals surface area contributed by atoms with Crippen LogP contribution in [-0.4, -0.2) is 24.5 Å². The van der Waals surface area contributed by atoms with Crippen LogP contribution in [0.4, 0.5) is 0 Å². The Morgan fingerprint density at radius 3 is 2.61 bits per heavy atom. The van der Waals surface area contributed by atoms with Gasteiger partial charge in [-0.3, -0.25) is 4.79 Å². The first-order chi connectivity index (χ1) is 8.66. The molecule has 1 aromatic rings. The van der Waals surface area contributed by atoms with E-state index in [1.54, 1.807) is 24.3 Å². The standard InChI is InChI=1S/C14H17NO3/c1-10(11-7-8-11)15-13(16)9-18-14(17)12-5-3-2-4-6-12/h2-6,10-11H,7-9H2,1H3,(H,15,16)/t10-/m0/s1. The van der Waals surface area contributed by atoms with Crippen molar-refractivity contribution in [3.05, 3.63) is 35.9 Å². The van der Waals surface area contributed by atoms with Gasteiger partial charge < -0.3 is 10.1 Å². The molecular weight excluding hydrogens is 230 g/mol. The van der Waals surface area contributed by atoms with Gasteiger partial charge in [0, 0.05) is 6.04 Å². The van der Waals surface area contributed by atoms with E-state index in [-0.39, 0.29) is 18.6 Å². The molecular formula is C14H17NO3. The van der Waals surface area contributed by atoms with Gasteiger partial charge in [-0.25, -0.2) is 4.79 Å². The van der Waals surface area contributed by atoms with Crippen molar-refractivity contribution in [1.82, 2.24) is 5.32 Å². The average Bonchev–Trinajstić information content (AvgIpc) is 3.21. The second kappa shape index (κ2) is 5.67. The highest BCUT2D eigenvalue weighted by atomic mass is 16.5. The summed E-state index contributed by atoms with van der Waals surface area (Å²) in [6.07, 6.45) is 2.34. The summed E-state index contributed by atoms with van der Waals surface area (Å²) in [4.78, 5) is 23.1. The van der Waals surface area contributed by atoms with Crippen molar-refractivity contribution < 1.29 is 14.3 Å². The van der Waals surface area contributed by atoms with Crippen molar-refractivity contribution >= 4 is 11.9 Å². The van der Waals surface area contributed by atoms with Gasteiger partial charge in [-0.05, 0) is 37.8 Å². The van der Waals surface area contributed by atoms with Gasteiger partial charge in [-0.1, -0.05) is 18.2 Å². The van der Waals surface area contributed by atoms with Crippen molar-refractivity contribution in [3.63, 3.8) is 0 Å². The van der Waals surface area contributed by atoms with Crippen molar-refractivity contribution in [2.75, 3.05) is 6.61 Å². The summed E-state index contributed by atoms with van der Waals surface area (Å²) < 4.78 is 4.94. The van der Waals surface area contributed by atoms with Gasteiger partial charge in [0.15, 0.2) is 6.61 Å². The van der Waals surface area contributed by atoms with E-state index in [2.05, 4.69) is 5.32 Å². The summed E-state index contributed by atoms with van der Waals surface area (Å²) in [5.41, 5.74) is 0.459. The Hall–Kier alpha value is -1.84. The first-order valence-electron chi connectivity index (χ1n) is 6.18. The number of esters is 1. The van der Waals surface area contributed by atoms with Crippen LogP contribution >= 0.6 is 0 Å². The molecule has 1 aliphatic carbocycles. The highest BCUT2D eigenvalue weighted by Crippen LogP contribution is 2.32. The Bertz CT molecular complexity index is 426. The van der Waals surface area contributed by atoms with Crippen molar-refractivity contribution in [2.24, 2.45) is 5.92 Å². The van der Waals surface area contributed by atoms with Gasteiger partial charge in [0.1, 0.15) is 0 Å². The van der Waals surface area contributed by atoms with Crippen LogP contribution in [0.25, 0.3) is 0 Å². The van der Waals surface area contributed by atoms with Crippen LogP contribution in [0, 0.1) is 5.92 Å². The third-order valence-electron chi connectivity index (χ3n) is 3.06. The molecule has 1 aliphatic rings. The van der Waals surface area contributed by atoms with E-state index in [0.29, 0.717) is 11.5 Å². The fraction of sp³-hybridized carbons (Fsp3) is 0.429. The predicted molar refractivity (Wildman–Crippen MR) is 67.1 cm³/mol. The summed E-state index contributed by atoms with van der Waals surface area (Å²) >= 11 is 0. The molecule has 96 valence electrons. The molecule has 1 aromatic carbocycles. The number of rotatable bonds is 5. The van der Waals surface area contributed by atoms with Crippen LogP contribution in [-0.2, 0) is 9.53 Å². The van der Waals surface area contributed by atoms with E-state index < -0.39 is 5.97 Å². The van der Waals surface area contributed by atoms with Crippen LogP contribution in [0.15, 0.2) is 30.3 Å². The van der Waals surface area contributed by atoms with Gasteiger partial charge in [-0.15, -0.1) is 0 Å². The molecule has 0 heterocycles. The number of hydrogen-bond acceptors (Lipinski definition) is 3. The molecule has 0 bridgehead atoms. The fourth-order valence-corrected chi connectivity index (χ4v) is 1.80. The van der Waals surface area contributed by atoms with E-state index in [1.807, 2.05) is 13.0 Å². The van der Waals surface area contributed by atoms with Gasteiger partial charge in [0.2, 0.25) is 0 Å². The lowest BCUT2D eigenvalue weighted by Crippen LogP contribution is -2.37. The Labute approximate surface area is 106 Å². The third-order valence-corrected chi connectivity index (χ3v) is 3.06. The number of carbonyl (C=O) groups excluding carboxylic acids is 2. The predicted octanol–water partition coefficient (Wildman–Crippen LogP) is 1.76. The molecule has 4 nitrogen and oxygen atoms in total. The van der Waals surface area contributed by atoms with E-state index in [1.165, 1.54) is 12.8 Å². The number of ether oxygens (including phenoxy) is 1. The molecule has 2 rings (SSSR count). The van der Waals surface area contributed by atoms with Crippen LogP contribution < -0.4 is 5.32 Å². The van der Waals surface area contributed by atoms with Crippen molar-refractivity contribution in [1.29, 1.82) is 0 Å². The first kappa shape index (κ1) is 12.6. The molecule has 1 fully saturated rings. The Morgan fingerprint density at radius 1 is 1.33 bits per heavy atom. The minimum atomic E-state index is -0.468. The second-order valence-corrected chi connectivity index (χ2v) is 4.64. The topological polar surface area (TPSA) is 55.4 Å². The molecule has 4 heteroatoms. The SMILES string of the molecule is C[C@H](NC(=O)COC(=O)c1ccccc1)C1CC1. The molecule has 0 aromatic heterocycles. The van der Waals surface area contributed by atoms with Gasteiger partial charge in [0.05, 0.1) is 5.56 Å². The summed E-state index contributed by atoms with van der Waals surface area (Å²) in [6, 6.07) is 8.83. The van der Waals surface area contributed by atoms with Crippen LogP contribution in [0.2, 0.25) is 0 Å².